The third kappa shape index (κ3) is 3.63. The van der Waals surface area contributed by atoms with Crippen molar-refractivity contribution in [2.45, 2.75) is 17.4 Å². The summed E-state index contributed by atoms with van der Waals surface area (Å²) in [5.74, 6) is -1.41. The lowest BCUT2D eigenvalue weighted by atomic mass is 10.1. The second-order valence-corrected chi connectivity index (χ2v) is 7.19. The van der Waals surface area contributed by atoms with Gasteiger partial charge in [0.25, 0.3) is 0 Å². The second kappa shape index (κ2) is 6.17. The van der Waals surface area contributed by atoms with Gasteiger partial charge in [-0.15, -0.1) is 0 Å². The number of carboxylic acids is 1. The van der Waals surface area contributed by atoms with Crippen LogP contribution in [0.25, 0.3) is 0 Å². The van der Waals surface area contributed by atoms with E-state index in [-0.39, 0.29) is 17.1 Å². The van der Waals surface area contributed by atoms with Gasteiger partial charge in [-0.2, -0.15) is 0 Å². The van der Waals surface area contributed by atoms with Crippen molar-refractivity contribution in [1.82, 2.24) is 4.72 Å². The first-order valence-electron chi connectivity index (χ1n) is 6.10. The maximum Gasteiger partial charge on any atom is 0.310 e. The molecule has 8 heteroatoms. The third-order valence-corrected chi connectivity index (χ3v) is 5.13. The molecule has 0 heterocycles. The number of carbonyl (C=O) groups is 1. The fourth-order valence-corrected chi connectivity index (χ4v) is 4.00. The van der Waals surface area contributed by atoms with E-state index < -0.39 is 28.0 Å². The zero-order chi connectivity index (χ0) is 15.6. The molecule has 0 aromatic heterocycles. The van der Waals surface area contributed by atoms with E-state index in [4.69, 9.17) is 9.84 Å². The minimum Gasteiger partial charge on any atom is -0.495 e. The second-order valence-electron chi connectivity index (χ2n) is 4.59. The lowest BCUT2D eigenvalue weighted by molar-refractivity contribution is -0.140. The molecule has 2 N–H and O–H groups in total. The molecule has 1 aliphatic carbocycles. The number of hydrogen-bond donors (Lipinski definition) is 2. The van der Waals surface area contributed by atoms with Gasteiger partial charge in [-0.3, -0.25) is 4.79 Å². The normalized spacial score (nSPS) is 21.4. The molecule has 21 heavy (non-hydrogen) atoms. The van der Waals surface area contributed by atoms with Crippen LogP contribution in [0.1, 0.15) is 6.42 Å². The van der Waals surface area contributed by atoms with Gasteiger partial charge in [0.1, 0.15) is 10.6 Å². The Bertz CT molecular complexity index is 686. The average Bonchev–Trinajstić information content (AvgIpc) is 2.86. The highest BCUT2D eigenvalue weighted by Gasteiger charge is 2.29. The molecule has 0 aliphatic heterocycles. The molecule has 2 atom stereocenters. The highest BCUT2D eigenvalue weighted by molar-refractivity contribution is 9.10. The van der Waals surface area contributed by atoms with Crippen LogP contribution >= 0.6 is 15.9 Å². The SMILES string of the molecule is COc1ccc(Br)cc1S(=O)(=O)NC1C=CC(C(=O)O)C1. The van der Waals surface area contributed by atoms with Gasteiger partial charge < -0.3 is 9.84 Å². The molecule has 114 valence electrons. The maximum absolute atomic E-state index is 12.4. The zero-order valence-electron chi connectivity index (χ0n) is 11.1. The van der Waals surface area contributed by atoms with Crippen LogP contribution in [-0.2, 0) is 14.8 Å². The molecular formula is C13H14BrNO5S. The van der Waals surface area contributed by atoms with Crippen molar-refractivity contribution in [3.05, 3.63) is 34.8 Å². The Balaban J connectivity index is 2.22. The first-order valence-corrected chi connectivity index (χ1v) is 8.38. The van der Waals surface area contributed by atoms with Gasteiger partial charge in [0.05, 0.1) is 13.0 Å². The summed E-state index contributed by atoms with van der Waals surface area (Å²) in [4.78, 5) is 10.9. The van der Waals surface area contributed by atoms with Crippen molar-refractivity contribution in [3.63, 3.8) is 0 Å². The number of carboxylic acid groups (broad SMARTS) is 1. The molecule has 0 fully saturated rings. The van der Waals surface area contributed by atoms with Gasteiger partial charge in [-0.05, 0) is 24.6 Å². The largest absolute Gasteiger partial charge is 0.495 e. The van der Waals surface area contributed by atoms with E-state index in [1.54, 1.807) is 18.2 Å². The summed E-state index contributed by atoms with van der Waals surface area (Å²) in [6.07, 6.45) is 3.25. The summed E-state index contributed by atoms with van der Waals surface area (Å²) in [6, 6.07) is 4.12. The van der Waals surface area contributed by atoms with Crippen LogP contribution in [0, 0.1) is 5.92 Å². The molecule has 0 saturated carbocycles. The van der Waals surface area contributed by atoms with Gasteiger partial charge >= 0.3 is 5.97 Å². The Kier molecular flexibility index (Phi) is 4.70. The predicted octanol–water partition coefficient (Wildman–Crippen LogP) is 1.77. The summed E-state index contributed by atoms with van der Waals surface area (Å²) in [5.41, 5.74) is 0. The summed E-state index contributed by atoms with van der Waals surface area (Å²) < 4.78 is 33.0. The fraction of sp³-hybridized carbons (Fsp3) is 0.308. The molecule has 0 bridgehead atoms. The summed E-state index contributed by atoms with van der Waals surface area (Å²) in [5, 5.41) is 8.91. The van der Waals surface area contributed by atoms with Crippen LogP contribution in [0.4, 0.5) is 0 Å². The van der Waals surface area contributed by atoms with E-state index in [0.717, 1.165) is 0 Å². The Morgan fingerprint density at radius 2 is 2.14 bits per heavy atom. The van der Waals surface area contributed by atoms with E-state index in [0.29, 0.717) is 4.47 Å². The molecule has 0 saturated heterocycles. The number of methoxy groups -OCH3 is 1. The minimum absolute atomic E-state index is 0.00606. The van der Waals surface area contributed by atoms with E-state index >= 15 is 0 Å². The van der Waals surface area contributed by atoms with Crippen LogP contribution in [-0.4, -0.2) is 32.6 Å². The molecule has 1 aromatic carbocycles. The Hall–Kier alpha value is -1.38. The molecular weight excluding hydrogens is 362 g/mol. The van der Waals surface area contributed by atoms with Gasteiger partial charge in [0.15, 0.2) is 0 Å². The molecule has 1 aliphatic rings. The fourth-order valence-electron chi connectivity index (χ4n) is 2.09. The average molecular weight is 376 g/mol. The monoisotopic (exact) mass is 375 g/mol. The Morgan fingerprint density at radius 3 is 2.71 bits per heavy atom. The number of nitrogens with one attached hydrogen (secondary N) is 1. The number of rotatable bonds is 5. The van der Waals surface area contributed by atoms with Gasteiger partial charge in [0, 0.05) is 10.5 Å². The minimum atomic E-state index is -3.81. The van der Waals surface area contributed by atoms with Crippen molar-refractivity contribution >= 4 is 31.9 Å². The van der Waals surface area contributed by atoms with Gasteiger partial charge in [-0.25, -0.2) is 13.1 Å². The number of halogens is 1. The maximum atomic E-state index is 12.4. The Labute approximate surface area is 131 Å². The number of ether oxygens (including phenoxy) is 1. The number of hydrogen-bond acceptors (Lipinski definition) is 4. The quantitative estimate of drug-likeness (QED) is 0.764. The summed E-state index contributed by atoms with van der Waals surface area (Å²) in [6.45, 7) is 0. The van der Waals surface area contributed by atoms with Crippen molar-refractivity contribution in [3.8, 4) is 5.75 Å². The van der Waals surface area contributed by atoms with Gasteiger partial charge in [0.2, 0.25) is 10.0 Å². The van der Waals surface area contributed by atoms with Crippen molar-refractivity contribution in [1.29, 1.82) is 0 Å². The molecule has 6 nitrogen and oxygen atoms in total. The van der Waals surface area contributed by atoms with E-state index in [9.17, 15) is 13.2 Å². The number of sulfonamides is 1. The first-order chi connectivity index (χ1) is 9.83. The lowest BCUT2D eigenvalue weighted by Gasteiger charge is -2.15. The predicted molar refractivity (Wildman–Crippen MR) is 79.7 cm³/mol. The van der Waals surface area contributed by atoms with Crippen LogP contribution < -0.4 is 9.46 Å². The highest BCUT2D eigenvalue weighted by Crippen LogP contribution is 2.28. The Morgan fingerprint density at radius 1 is 1.43 bits per heavy atom. The number of aliphatic carboxylic acids is 1. The van der Waals surface area contributed by atoms with Crippen molar-refractivity contribution in [2.75, 3.05) is 7.11 Å². The summed E-state index contributed by atoms with van der Waals surface area (Å²) >= 11 is 3.22. The topological polar surface area (TPSA) is 92.7 Å². The van der Waals surface area contributed by atoms with Crippen LogP contribution in [0.2, 0.25) is 0 Å². The molecule has 2 unspecified atom stereocenters. The number of benzene rings is 1. The molecule has 2 rings (SSSR count). The highest BCUT2D eigenvalue weighted by atomic mass is 79.9. The van der Waals surface area contributed by atoms with Crippen molar-refractivity contribution < 1.29 is 23.1 Å². The van der Waals surface area contributed by atoms with Crippen LogP contribution in [0.5, 0.6) is 5.75 Å². The zero-order valence-corrected chi connectivity index (χ0v) is 13.5. The lowest BCUT2D eigenvalue weighted by Crippen LogP contribution is -2.33. The van der Waals surface area contributed by atoms with Crippen LogP contribution in [0.15, 0.2) is 39.7 Å². The molecule has 0 amide bonds. The third-order valence-electron chi connectivity index (χ3n) is 3.12. The van der Waals surface area contributed by atoms with E-state index in [2.05, 4.69) is 20.7 Å². The molecule has 1 aromatic rings. The summed E-state index contributed by atoms with van der Waals surface area (Å²) in [7, 11) is -2.42. The van der Waals surface area contributed by atoms with Gasteiger partial charge in [-0.1, -0.05) is 28.1 Å². The smallest absolute Gasteiger partial charge is 0.310 e. The van der Waals surface area contributed by atoms with Crippen LogP contribution in [0.3, 0.4) is 0 Å². The molecule has 0 radical (unpaired) electrons. The molecule has 0 spiro atoms. The standard InChI is InChI=1S/C13H14BrNO5S/c1-20-11-5-3-9(14)7-12(11)21(18,19)15-10-4-2-8(6-10)13(16)17/h2-5,7-8,10,15H,6H2,1H3,(H,16,17). The van der Waals surface area contributed by atoms with E-state index in [1.807, 2.05) is 0 Å². The van der Waals surface area contributed by atoms with Crippen molar-refractivity contribution in [2.24, 2.45) is 5.92 Å². The first kappa shape index (κ1) is 16.0. The van der Waals surface area contributed by atoms with E-state index in [1.165, 1.54) is 19.3 Å².